The summed E-state index contributed by atoms with van der Waals surface area (Å²) < 4.78 is 0. The molecule has 1 aromatic heterocycles. The molecule has 0 saturated heterocycles. The van der Waals surface area contributed by atoms with Gasteiger partial charge in [0.1, 0.15) is 5.54 Å². The fourth-order valence-corrected chi connectivity index (χ4v) is 3.45. The highest BCUT2D eigenvalue weighted by atomic mass is 32.1. The van der Waals surface area contributed by atoms with Crippen molar-refractivity contribution in [2.24, 2.45) is 0 Å². The molecule has 1 amide bonds. The Kier molecular flexibility index (Phi) is 2.87. The molecule has 0 saturated carbocycles. The first kappa shape index (κ1) is 13.4. The second kappa shape index (κ2) is 4.49. The molecule has 21 heavy (non-hydrogen) atoms. The number of nitrogens with zero attached hydrogens (tertiary/aromatic N) is 2. The maximum absolute atomic E-state index is 12.3. The van der Waals surface area contributed by atoms with Crippen molar-refractivity contribution in [3.8, 4) is 0 Å². The van der Waals surface area contributed by atoms with E-state index in [0.717, 1.165) is 0 Å². The van der Waals surface area contributed by atoms with E-state index in [1.807, 2.05) is 0 Å². The molecule has 1 aliphatic heterocycles. The lowest BCUT2D eigenvalue weighted by Crippen LogP contribution is -2.43. The Hall–Kier alpha value is -2.54. The number of allylic oxidation sites excluding steroid dienone is 2. The van der Waals surface area contributed by atoms with Crippen molar-refractivity contribution in [3.63, 3.8) is 0 Å². The molecule has 0 radical (unpaired) electrons. The van der Waals surface area contributed by atoms with E-state index in [2.05, 4.69) is 0 Å². The van der Waals surface area contributed by atoms with E-state index in [1.54, 1.807) is 29.7 Å². The molecule has 2 aliphatic rings. The van der Waals surface area contributed by atoms with Crippen LogP contribution in [0, 0.1) is 10.1 Å². The van der Waals surface area contributed by atoms with Gasteiger partial charge >= 0.3 is 11.6 Å². The van der Waals surface area contributed by atoms with Gasteiger partial charge in [-0.1, -0.05) is 6.07 Å². The standard InChI is InChI=1S/C14H10N2O4S/c1-15-13(18)12(16(19)20)11(10-3-2-8-21-10)14(15)6-4-9(17)5-7-14/h2-8H,1H3. The quantitative estimate of drug-likeness (QED) is 0.614. The van der Waals surface area contributed by atoms with E-state index < -0.39 is 22.1 Å². The zero-order chi connectivity index (χ0) is 15.2. The third kappa shape index (κ3) is 1.78. The first-order valence-corrected chi connectivity index (χ1v) is 6.99. The highest BCUT2D eigenvalue weighted by Crippen LogP contribution is 2.45. The summed E-state index contributed by atoms with van der Waals surface area (Å²) in [4.78, 5) is 36.3. The smallest absolute Gasteiger partial charge is 0.319 e. The number of likely N-dealkylation sites (N-methyl/N-ethyl adjacent to an activating group) is 1. The van der Waals surface area contributed by atoms with E-state index in [0.29, 0.717) is 10.5 Å². The Balaban J connectivity index is 2.31. The van der Waals surface area contributed by atoms with Gasteiger partial charge in [-0.15, -0.1) is 11.3 Å². The lowest BCUT2D eigenvalue weighted by Gasteiger charge is -2.33. The van der Waals surface area contributed by atoms with Crippen molar-refractivity contribution in [2.75, 3.05) is 7.05 Å². The molecule has 0 bridgehead atoms. The maximum atomic E-state index is 12.3. The number of hydrogen-bond acceptors (Lipinski definition) is 5. The molecule has 1 spiro atoms. The average Bonchev–Trinajstić information content (AvgIpc) is 3.03. The van der Waals surface area contributed by atoms with Crippen LogP contribution in [0.5, 0.6) is 0 Å². The average molecular weight is 302 g/mol. The molecule has 0 unspecified atom stereocenters. The molecule has 7 heteroatoms. The SMILES string of the molecule is CN1C(=O)C([N+](=O)[O-])=C(c2cccs2)C12C=CC(=O)C=C2. The Morgan fingerprint density at radius 2 is 1.95 bits per heavy atom. The fourth-order valence-electron chi connectivity index (χ4n) is 2.62. The minimum atomic E-state index is -1.07. The Morgan fingerprint density at radius 3 is 2.48 bits per heavy atom. The van der Waals surface area contributed by atoms with Crippen molar-refractivity contribution in [1.29, 1.82) is 0 Å². The van der Waals surface area contributed by atoms with Crippen LogP contribution in [0.1, 0.15) is 4.88 Å². The highest BCUT2D eigenvalue weighted by Gasteiger charge is 2.54. The Bertz CT molecular complexity index is 727. The highest BCUT2D eigenvalue weighted by molar-refractivity contribution is 7.11. The molecule has 0 fully saturated rings. The fraction of sp³-hybridized carbons (Fsp3) is 0.143. The third-order valence-electron chi connectivity index (χ3n) is 3.65. The van der Waals surface area contributed by atoms with Gasteiger partial charge in [-0.2, -0.15) is 0 Å². The van der Waals surface area contributed by atoms with E-state index in [1.165, 1.54) is 35.4 Å². The monoisotopic (exact) mass is 302 g/mol. The summed E-state index contributed by atoms with van der Waals surface area (Å²) in [6.07, 6.45) is 5.75. The van der Waals surface area contributed by atoms with Gasteiger partial charge in [-0.3, -0.25) is 19.7 Å². The summed E-state index contributed by atoms with van der Waals surface area (Å²) in [5, 5.41) is 13.1. The van der Waals surface area contributed by atoms with Gasteiger partial charge in [-0.05, 0) is 35.8 Å². The van der Waals surface area contributed by atoms with Crippen molar-refractivity contribution in [3.05, 3.63) is 62.5 Å². The van der Waals surface area contributed by atoms with Crippen LogP contribution in [0.25, 0.3) is 5.57 Å². The molecule has 1 aliphatic carbocycles. The molecule has 0 N–H and O–H groups in total. The molecule has 2 heterocycles. The summed E-state index contributed by atoms with van der Waals surface area (Å²) in [6.45, 7) is 0. The second-order valence-electron chi connectivity index (χ2n) is 4.72. The second-order valence-corrected chi connectivity index (χ2v) is 5.66. The molecule has 1 aromatic rings. The van der Waals surface area contributed by atoms with Gasteiger partial charge in [0, 0.05) is 11.9 Å². The number of nitro groups is 1. The van der Waals surface area contributed by atoms with Crippen LogP contribution in [-0.2, 0) is 9.59 Å². The van der Waals surface area contributed by atoms with Crippen LogP contribution in [0.15, 0.2) is 47.5 Å². The van der Waals surface area contributed by atoms with E-state index >= 15 is 0 Å². The Morgan fingerprint density at radius 1 is 1.29 bits per heavy atom. The third-order valence-corrected chi connectivity index (χ3v) is 4.54. The molecule has 3 rings (SSSR count). The summed E-state index contributed by atoms with van der Waals surface area (Å²) in [7, 11) is 1.50. The summed E-state index contributed by atoms with van der Waals surface area (Å²) in [6, 6.07) is 3.50. The van der Waals surface area contributed by atoms with Crippen LogP contribution in [0.3, 0.4) is 0 Å². The van der Waals surface area contributed by atoms with Crippen molar-refractivity contribution in [2.45, 2.75) is 5.54 Å². The first-order chi connectivity index (χ1) is 9.97. The maximum Gasteiger partial charge on any atom is 0.341 e. The number of ketones is 1. The van der Waals surface area contributed by atoms with Gasteiger partial charge in [0.15, 0.2) is 5.78 Å². The van der Waals surface area contributed by atoms with Crippen molar-refractivity contribution >= 4 is 28.6 Å². The zero-order valence-corrected chi connectivity index (χ0v) is 11.8. The van der Waals surface area contributed by atoms with E-state index in [-0.39, 0.29) is 5.78 Å². The summed E-state index contributed by atoms with van der Waals surface area (Å²) >= 11 is 1.32. The lowest BCUT2D eigenvalue weighted by molar-refractivity contribution is -0.417. The van der Waals surface area contributed by atoms with Crippen molar-refractivity contribution in [1.82, 2.24) is 4.90 Å². The summed E-state index contributed by atoms with van der Waals surface area (Å²) in [5.74, 6) is -0.867. The van der Waals surface area contributed by atoms with Crippen LogP contribution in [0.4, 0.5) is 0 Å². The van der Waals surface area contributed by atoms with Gasteiger partial charge in [-0.25, -0.2) is 0 Å². The van der Waals surface area contributed by atoms with Crippen LogP contribution in [0.2, 0.25) is 0 Å². The number of carbonyl (C=O) groups excluding carboxylic acids is 2. The molecule has 0 atom stereocenters. The molecule has 0 aromatic carbocycles. The van der Waals surface area contributed by atoms with Crippen LogP contribution < -0.4 is 0 Å². The first-order valence-electron chi connectivity index (χ1n) is 6.11. The molecule has 6 nitrogen and oxygen atoms in total. The Labute approximate surface area is 123 Å². The predicted octanol–water partition coefficient (Wildman–Crippen LogP) is 1.64. The molecular formula is C14H10N2O4S. The van der Waals surface area contributed by atoms with E-state index in [9.17, 15) is 19.7 Å². The molecular weight excluding hydrogens is 292 g/mol. The predicted molar refractivity (Wildman–Crippen MR) is 77.0 cm³/mol. The number of carbonyl (C=O) groups is 2. The normalized spacial score (nSPS) is 20.0. The van der Waals surface area contributed by atoms with Crippen molar-refractivity contribution < 1.29 is 14.5 Å². The largest absolute Gasteiger partial charge is 0.341 e. The zero-order valence-electron chi connectivity index (χ0n) is 11.0. The number of thiophene rings is 1. The number of rotatable bonds is 2. The number of hydrogen-bond donors (Lipinski definition) is 0. The molecule has 106 valence electrons. The van der Waals surface area contributed by atoms with Crippen LogP contribution >= 0.6 is 11.3 Å². The minimum absolute atomic E-state index is 0.207. The van der Waals surface area contributed by atoms with Gasteiger partial charge in [0.25, 0.3) is 0 Å². The van der Waals surface area contributed by atoms with Gasteiger partial charge in [0.2, 0.25) is 0 Å². The van der Waals surface area contributed by atoms with E-state index in [4.69, 9.17) is 0 Å². The summed E-state index contributed by atoms with van der Waals surface area (Å²) in [5.41, 5.74) is -1.20. The van der Waals surface area contributed by atoms with Gasteiger partial charge in [0.05, 0.1) is 10.5 Å². The number of amides is 1. The van der Waals surface area contributed by atoms with Crippen LogP contribution in [-0.4, -0.2) is 34.1 Å². The van der Waals surface area contributed by atoms with Gasteiger partial charge < -0.3 is 4.90 Å². The lowest BCUT2D eigenvalue weighted by atomic mass is 9.85. The minimum Gasteiger partial charge on any atom is -0.319 e. The topological polar surface area (TPSA) is 80.5 Å².